The van der Waals surface area contributed by atoms with Crippen molar-refractivity contribution in [3.8, 4) is 5.88 Å². The summed E-state index contributed by atoms with van der Waals surface area (Å²) in [7, 11) is -3.82. The molecular formula is C20H19N7O4S. The number of nitrogens with two attached hydrogens (primary N) is 1. The second-order valence-corrected chi connectivity index (χ2v) is 9.22. The summed E-state index contributed by atoms with van der Waals surface area (Å²) in [5.41, 5.74) is 2.18. The van der Waals surface area contributed by atoms with Gasteiger partial charge < -0.3 is 10.1 Å². The Morgan fingerprint density at radius 1 is 1.28 bits per heavy atom. The fourth-order valence-electron chi connectivity index (χ4n) is 3.38. The van der Waals surface area contributed by atoms with Crippen molar-refractivity contribution in [2.24, 2.45) is 10.1 Å². The highest BCUT2D eigenvalue weighted by molar-refractivity contribution is 7.89. The number of sulfonamides is 1. The van der Waals surface area contributed by atoms with Crippen molar-refractivity contribution in [1.82, 2.24) is 24.6 Å². The average Bonchev–Trinajstić information content (AvgIpc) is 3.36. The minimum Gasteiger partial charge on any atom is -0.493 e. The van der Waals surface area contributed by atoms with Gasteiger partial charge >= 0.3 is 5.69 Å². The van der Waals surface area contributed by atoms with Crippen LogP contribution in [0.25, 0.3) is 11.7 Å². The maximum absolute atomic E-state index is 11.7. The zero-order valence-corrected chi connectivity index (χ0v) is 17.5. The predicted octanol–water partition coefficient (Wildman–Crippen LogP) is -0.700. The average molecular weight is 453 g/mol. The summed E-state index contributed by atoms with van der Waals surface area (Å²) in [5, 5.41) is 20.1. The van der Waals surface area contributed by atoms with E-state index < -0.39 is 15.7 Å². The smallest absolute Gasteiger partial charge is 0.326 e. The highest BCUT2D eigenvalue weighted by Gasteiger charge is 2.20. The second kappa shape index (κ2) is 7.43. The van der Waals surface area contributed by atoms with Crippen LogP contribution >= 0.6 is 0 Å². The molecule has 0 atom stereocenters. The number of fused-ring (bicyclic) bond motifs is 1. The molecule has 1 aliphatic carbocycles. The lowest BCUT2D eigenvalue weighted by molar-refractivity contribution is 0.454. The molecule has 1 aromatic carbocycles. The van der Waals surface area contributed by atoms with Gasteiger partial charge in [-0.25, -0.2) is 23.3 Å². The lowest BCUT2D eigenvalue weighted by Gasteiger charge is -2.05. The molecule has 0 amide bonds. The van der Waals surface area contributed by atoms with E-state index in [-0.39, 0.29) is 22.5 Å². The van der Waals surface area contributed by atoms with Crippen LogP contribution in [0.15, 0.2) is 51.2 Å². The lowest BCUT2D eigenvalue weighted by atomic mass is 10.1. The number of hydrogen-bond acceptors (Lipinski definition) is 7. The molecule has 1 aliphatic rings. The van der Waals surface area contributed by atoms with E-state index in [1.54, 1.807) is 28.9 Å². The van der Waals surface area contributed by atoms with Crippen LogP contribution in [0.4, 0.5) is 0 Å². The van der Waals surface area contributed by atoms with Crippen LogP contribution in [0.5, 0.6) is 5.88 Å². The molecule has 11 nitrogen and oxygen atoms in total. The maximum atomic E-state index is 11.7. The highest BCUT2D eigenvalue weighted by Crippen LogP contribution is 2.22. The number of nitrogens with zero attached hydrogens (tertiary/aromatic N) is 4. The monoisotopic (exact) mass is 453 g/mol. The van der Waals surface area contributed by atoms with Crippen molar-refractivity contribution in [3.63, 3.8) is 0 Å². The Bertz CT molecular complexity index is 1630. The summed E-state index contributed by atoms with van der Waals surface area (Å²) in [6.45, 7) is 0. The molecule has 5 rings (SSSR count). The Morgan fingerprint density at radius 2 is 2.09 bits per heavy atom. The molecule has 32 heavy (non-hydrogen) atoms. The van der Waals surface area contributed by atoms with E-state index in [0.29, 0.717) is 28.5 Å². The summed E-state index contributed by atoms with van der Waals surface area (Å²) >= 11 is 0. The number of H-pyrrole nitrogens is 2. The minimum absolute atomic E-state index is 0.0317. The Balaban J connectivity index is 1.65. The van der Waals surface area contributed by atoms with Gasteiger partial charge in [0.25, 0.3) is 0 Å². The summed E-state index contributed by atoms with van der Waals surface area (Å²) in [4.78, 5) is 25.7. The molecule has 0 bridgehead atoms. The lowest BCUT2D eigenvalue weighted by Crippen LogP contribution is -2.20. The Hall–Kier alpha value is -3.77. The molecule has 0 unspecified atom stereocenters. The quantitative estimate of drug-likeness (QED) is 0.311. The summed E-state index contributed by atoms with van der Waals surface area (Å²) in [6.07, 6.45) is 5.51. The maximum Gasteiger partial charge on any atom is 0.326 e. The molecule has 0 spiro atoms. The molecule has 0 radical (unpaired) electrons. The molecule has 1 saturated carbocycles. The number of benzene rings is 1. The molecule has 3 aromatic heterocycles. The Kier molecular flexibility index (Phi) is 4.68. The normalized spacial score (nSPS) is 15.7. The predicted molar refractivity (Wildman–Crippen MR) is 114 cm³/mol. The van der Waals surface area contributed by atoms with Gasteiger partial charge in [0.1, 0.15) is 5.69 Å². The van der Waals surface area contributed by atoms with Crippen LogP contribution in [-0.2, 0) is 16.4 Å². The van der Waals surface area contributed by atoms with Crippen molar-refractivity contribution in [2.45, 2.75) is 30.2 Å². The third-order valence-corrected chi connectivity index (χ3v) is 5.95. The minimum atomic E-state index is -3.82. The van der Waals surface area contributed by atoms with Gasteiger partial charge in [-0.15, -0.1) is 0 Å². The van der Waals surface area contributed by atoms with Gasteiger partial charge in [0.15, 0.2) is 11.1 Å². The first kappa shape index (κ1) is 20.2. The number of hydrogen-bond donors (Lipinski definition) is 4. The topological polar surface area (TPSA) is 172 Å². The van der Waals surface area contributed by atoms with Gasteiger partial charge in [0.05, 0.1) is 22.8 Å². The summed E-state index contributed by atoms with van der Waals surface area (Å²) in [5.74, 6) is -0.284. The second-order valence-electron chi connectivity index (χ2n) is 7.66. The molecular weight excluding hydrogens is 434 g/mol. The molecule has 12 heteroatoms. The molecule has 4 aromatic rings. The van der Waals surface area contributed by atoms with E-state index in [1.807, 2.05) is 6.07 Å². The number of rotatable bonds is 5. The Morgan fingerprint density at radius 3 is 2.78 bits per heavy atom. The third-order valence-electron chi connectivity index (χ3n) is 5.04. The zero-order chi connectivity index (χ0) is 22.5. The number of imidazole rings is 1. The van der Waals surface area contributed by atoms with E-state index >= 15 is 0 Å². The van der Waals surface area contributed by atoms with Crippen LogP contribution in [0, 0.1) is 0 Å². The van der Waals surface area contributed by atoms with Gasteiger partial charge in [-0.2, -0.15) is 9.61 Å². The van der Waals surface area contributed by atoms with Gasteiger partial charge in [0, 0.05) is 17.7 Å². The fourth-order valence-corrected chi connectivity index (χ4v) is 3.96. The first-order chi connectivity index (χ1) is 15.3. The van der Waals surface area contributed by atoms with Crippen molar-refractivity contribution in [1.29, 1.82) is 0 Å². The number of aromatic amines is 2. The molecule has 5 N–H and O–H groups in total. The first-order valence-electron chi connectivity index (χ1n) is 9.82. The molecule has 1 fully saturated rings. The first-order valence-corrected chi connectivity index (χ1v) is 11.4. The van der Waals surface area contributed by atoms with Crippen LogP contribution < -0.4 is 21.5 Å². The molecule has 0 saturated heterocycles. The highest BCUT2D eigenvalue weighted by atomic mass is 32.2. The van der Waals surface area contributed by atoms with Crippen LogP contribution in [0.3, 0.4) is 0 Å². The van der Waals surface area contributed by atoms with Gasteiger partial charge in [-0.3, -0.25) is 9.98 Å². The van der Waals surface area contributed by atoms with E-state index in [4.69, 9.17) is 10.1 Å². The van der Waals surface area contributed by atoms with E-state index in [2.05, 4.69) is 20.1 Å². The fraction of sp³-hybridized carbons (Fsp3) is 0.200. The van der Waals surface area contributed by atoms with Gasteiger partial charge in [-0.05, 0) is 36.6 Å². The number of aromatic nitrogens is 5. The molecule has 3 heterocycles. The molecule has 0 aliphatic heterocycles. The van der Waals surface area contributed by atoms with E-state index in [9.17, 15) is 18.3 Å². The standard InChI is InChI=1S/C20H19N7O4S/c21-32(30,31)15-3-1-2-11(7-15)6-14-9-17(23-13-4-5-13)27-18(24-14)12(10-22-27)8-16-19(28)26-20(29)25-16/h1-3,7-10,13,28H,4-6H2,(H2,21,30,31)(H2,25,26,29). The summed E-state index contributed by atoms with van der Waals surface area (Å²) < 4.78 is 25.0. The Labute approximate surface area is 181 Å². The largest absolute Gasteiger partial charge is 0.493 e. The van der Waals surface area contributed by atoms with E-state index in [1.165, 1.54) is 12.1 Å². The number of aromatic hydroxyl groups is 1. The zero-order valence-electron chi connectivity index (χ0n) is 16.7. The van der Waals surface area contributed by atoms with Crippen molar-refractivity contribution < 1.29 is 13.5 Å². The third kappa shape index (κ3) is 4.05. The number of nitrogens with one attached hydrogen (secondary N) is 2. The summed E-state index contributed by atoms with van der Waals surface area (Å²) in [6, 6.07) is 8.45. The van der Waals surface area contributed by atoms with Crippen molar-refractivity contribution >= 4 is 21.7 Å². The molecule has 164 valence electrons. The van der Waals surface area contributed by atoms with Crippen molar-refractivity contribution in [2.75, 3.05) is 0 Å². The van der Waals surface area contributed by atoms with Gasteiger partial charge in [-0.1, -0.05) is 12.1 Å². The van der Waals surface area contributed by atoms with Crippen LogP contribution in [0.1, 0.15) is 29.8 Å². The SMILES string of the molecule is NS(=O)(=O)c1cccc(Cc2cc(=NC3CC3)n3ncc(=Cc4[nH]c(=O)[nH]c4O)c3n2)c1. The van der Waals surface area contributed by atoms with Gasteiger partial charge in [0.2, 0.25) is 15.9 Å². The van der Waals surface area contributed by atoms with Crippen LogP contribution in [-0.4, -0.2) is 44.1 Å². The van der Waals surface area contributed by atoms with E-state index in [0.717, 1.165) is 18.4 Å². The van der Waals surface area contributed by atoms with Crippen molar-refractivity contribution in [3.05, 3.63) is 74.7 Å². The number of primary sulfonamides is 1. The van der Waals surface area contributed by atoms with Crippen LogP contribution in [0.2, 0.25) is 0 Å².